The van der Waals surface area contributed by atoms with Gasteiger partial charge in [-0.2, -0.15) is 35.9 Å². The topological polar surface area (TPSA) is 0 Å². The molecule has 0 bridgehead atoms. The first-order valence-corrected chi connectivity index (χ1v) is 13.6. The molecule has 6 aromatic carbocycles. The third kappa shape index (κ3) is 6.65. The molecule has 0 atom stereocenters. The van der Waals surface area contributed by atoms with Crippen LogP contribution in [-0.4, -0.2) is 3.21 Å². The fourth-order valence-electron chi connectivity index (χ4n) is 4.81. The summed E-state index contributed by atoms with van der Waals surface area (Å²) in [7, 11) is 0. The molecule has 0 saturated carbocycles. The van der Waals surface area contributed by atoms with Crippen molar-refractivity contribution < 1.29 is 49.0 Å². The SMILES string of the molecule is C[C](C)=[Zr+2].[C-]1=CCc2c1ccc1ccc3ccccc3c21.[Cl-].[Cl-].c1ccc(-c2cccc3[cH-]ccc23)cc1. The standard InChI is InChI=1S/C17H11.C15H11.C3H6.2ClH.Zr/c1-2-6-15-12(4-1)8-10-14-11-9-13-5-3-7-16(13)17(14)15;1-2-6-12(7-3-1)14-10-4-8-13-9-5-11-15(13)14;1-3-2;;;/h1-4,6,8-11H,7H2;1-11H;1-2H3;2*1H;/q2*-1;;;;+2/p-2. The van der Waals surface area contributed by atoms with Gasteiger partial charge in [-0.1, -0.05) is 90.2 Å². The number of hydrogen-bond donors (Lipinski definition) is 0. The van der Waals surface area contributed by atoms with Gasteiger partial charge in [0.2, 0.25) is 0 Å². The van der Waals surface area contributed by atoms with Crippen molar-refractivity contribution in [1.82, 2.24) is 0 Å². The van der Waals surface area contributed by atoms with Crippen molar-refractivity contribution in [3.8, 4) is 11.1 Å². The Labute approximate surface area is 252 Å². The molecule has 188 valence electrons. The van der Waals surface area contributed by atoms with Gasteiger partial charge in [0.25, 0.3) is 0 Å². The van der Waals surface area contributed by atoms with Gasteiger partial charge in [-0.25, -0.2) is 0 Å². The minimum Gasteiger partial charge on any atom is -1.00 e. The normalized spacial score (nSPS) is 10.9. The second-order valence-electron chi connectivity index (χ2n) is 9.23. The Bertz CT molecular complexity index is 1690. The van der Waals surface area contributed by atoms with Crippen LogP contribution in [-0.2, 0) is 30.7 Å². The third-order valence-corrected chi connectivity index (χ3v) is 6.34. The summed E-state index contributed by atoms with van der Waals surface area (Å²) in [6.07, 6.45) is 6.48. The molecule has 0 fully saturated rings. The Hall–Kier alpha value is -2.70. The molecule has 38 heavy (non-hydrogen) atoms. The quantitative estimate of drug-likeness (QED) is 0.198. The maximum absolute atomic E-state index is 3.33. The molecule has 0 radical (unpaired) electrons. The molecule has 0 amide bonds. The zero-order chi connectivity index (χ0) is 24.9. The van der Waals surface area contributed by atoms with E-state index in [2.05, 4.69) is 141 Å². The molecule has 0 nitrogen and oxygen atoms in total. The van der Waals surface area contributed by atoms with Gasteiger partial charge in [0.1, 0.15) is 0 Å². The van der Waals surface area contributed by atoms with Gasteiger partial charge in [-0.3, -0.25) is 0 Å². The average molecular weight is 611 g/mol. The van der Waals surface area contributed by atoms with Gasteiger partial charge >= 0.3 is 41.3 Å². The van der Waals surface area contributed by atoms with Crippen molar-refractivity contribution in [3.05, 3.63) is 139 Å². The Morgan fingerprint density at radius 2 is 1.39 bits per heavy atom. The molecule has 0 spiro atoms. The second-order valence-corrected chi connectivity index (χ2v) is 11.7. The largest absolute Gasteiger partial charge is 1.00 e. The summed E-state index contributed by atoms with van der Waals surface area (Å²) in [5, 5.41) is 8.07. The van der Waals surface area contributed by atoms with Gasteiger partial charge in [0, 0.05) is 0 Å². The number of hydrogen-bond acceptors (Lipinski definition) is 0. The first-order valence-electron chi connectivity index (χ1n) is 12.3. The maximum Gasteiger partial charge on any atom is -0.0188 e. The molecule has 7 rings (SSSR count). The Kier molecular flexibility index (Phi) is 10.9. The summed E-state index contributed by atoms with van der Waals surface area (Å²) < 4.78 is 1.51. The van der Waals surface area contributed by atoms with Gasteiger partial charge in [-0.15, -0.1) is 40.6 Å². The van der Waals surface area contributed by atoms with E-state index in [9.17, 15) is 0 Å². The van der Waals surface area contributed by atoms with E-state index in [1.165, 1.54) is 57.8 Å². The fourth-order valence-corrected chi connectivity index (χ4v) is 4.81. The molecule has 0 N–H and O–H groups in total. The summed E-state index contributed by atoms with van der Waals surface area (Å²) in [4.78, 5) is 0. The van der Waals surface area contributed by atoms with Crippen LogP contribution in [0, 0.1) is 6.08 Å². The Morgan fingerprint density at radius 3 is 2.18 bits per heavy atom. The van der Waals surface area contributed by atoms with E-state index >= 15 is 0 Å². The molecule has 0 aliphatic heterocycles. The predicted octanol–water partition coefficient (Wildman–Crippen LogP) is 3.24. The van der Waals surface area contributed by atoms with Gasteiger partial charge in [-0.05, 0) is 21.7 Å². The summed E-state index contributed by atoms with van der Waals surface area (Å²) in [6, 6.07) is 40.8. The van der Waals surface area contributed by atoms with E-state index in [-0.39, 0.29) is 24.8 Å². The Balaban J connectivity index is 0.000000178. The van der Waals surface area contributed by atoms with E-state index < -0.39 is 0 Å². The number of benzene rings is 5. The monoisotopic (exact) mass is 608 g/mol. The van der Waals surface area contributed by atoms with Crippen molar-refractivity contribution in [2.24, 2.45) is 0 Å². The maximum atomic E-state index is 3.33. The molecule has 0 heterocycles. The van der Waals surface area contributed by atoms with Gasteiger partial charge in [0.05, 0.1) is 0 Å². The van der Waals surface area contributed by atoms with Crippen LogP contribution in [0.25, 0.3) is 43.4 Å². The molecule has 0 aromatic heterocycles. The van der Waals surface area contributed by atoms with E-state index in [0.29, 0.717) is 0 Å². The zero-order valence-corrected chi connectivity index (χ0v) is 25.5. The molecule has 3 heteroatoms. The third-order valence-electron chi connectivity index (χ3n) is 6.34. The molecule has 0 unspecified atom stereocenters. The molecular formula is C35H28Cl2Zr-2. The minimum absolute atomic E-state index is 0. The fraction of sp³-hybridized carbons (Fsp3) is 0.0857. The molecule has 1 aliphatic rings. The van der Waals surface area contributed by atoms with Crippen molar-refractivity contribution in [2.75, 3.05) is 0 Å². The summed E-state index contributed by atoms with van der Waals surface area (Å²) in [5.41, 5.74) is 5.29. The Morgan fingerprint density at radius 1 is 0.711 bits per heavy atom. The van der Waals surface area contributed by atoms with Crippen molar-refractivity contribution in [1.29, 1.82) is 0 Å². The van der Waals surface area contributed by atoms with E-state index in [4.69, 9.17) is 0 Å². The van der Waals surface area contributed by atoms with E-state index in [1.807, 2.05) is 0 Å². The summed E-state index contributed by atoms with van der Waals surface area (Å²) in [5.74, 6) is 0. The molecule has 6 aromatic rings. The van der Waals surface area contributed by atoms with Crippen LogP contribution in [0.2, 0.25) is 0 Å². The van der Waals surface area contributed by atoms with Crippen LogP contribution in [0.1, 0.15) is 25.0 Å². The number of rotatable bonds is 1. The molecule has 0 saturated heterocycles. The van der Waals surface area contributed by atoms with Crippen LogP contribution in [0.5, 0.6) is 0 Å². The first kappa shape index (κ1) is 29.9. The number of fused-ring (bicyclic) bond motifs is 6. The molecular weight excluding hydrogens is 583 g/mol. The zero-order valence-electron chi connectivity index (χ0n) is 21.5. The smallest absolute Gasteiger partial charge is 0.0188 e. The predicted molar refractivity (Wildman–Crippen MR) is 153 cm³/mol. The van der Waals surface area contributed by atoms with E-state index in [1.54, 1.807) is 24.2 Å². The van der Waals surface area contributed by atoms with Crippen LogP contribution < -0.4 is 24.8 Å². The van der Waals surface area contributed by atoms with Crippen molar-refractivity contribution in [2.45, 2.75) is 20.3 Å². The van der Waals surface area contributed by atoms with E-state index in [0.717, 1.165) is 6.42 Å². The van der Waals surface area contributed by atoms with Gasteiger partial charge < -0.3 is 24.8 Å². The second kappa shape index (κ2) is 13.9. The van der Waals surface area contributed by atoms with Crippen LogP contribution in [0.15, 0.2) is 121 Å². The van der Waals surface area contributed by atoms with Crippen LogP contribution in [0.4, 0.5) is 0 Å². The van der Waals surface area contributed by atoms with Crippen molar-refractivity contribution in [3.63, 3.8) is 0 Å². The minimum atomic E-state index is 0. The summed E-state index contributed by atoms with van der Waals surface area (Å²) in [6.45, 7) is 4.25. The first-order chi connectivity index (χ1) is 17.6. The number of allylic oxidation sites excluding steroid dienone is 1. The van der Waals surface area contributed by atoms with Gasteiger partial charge in [0.15, 0.2) is 0 Å². The average Bonchev–Trinajstić information content (AvgIpc) is 3.58. The van der Waals surface area contributed by atoms with Crippen LogP contribution in [0.3, 0.4) is 0 Å². The summed E-state index contributed by atoms with van der Waals surface area (Å²) >= 11 is 1.55. The van der Waals surface area contributed by atoms with Crippen molar-refractivity contribution >= 4 is 35.5 Å². The number of halogens is 2. The van der Waals surface area contributed by atoms with Crippen LogP contribution >= 0.6 is 0 Å². The molecule has 1 aliphatic carbocycles.